The maximum atomic E-state index is 13.2. The smallest absolute Gasteiger partial charge is 0.335 e. The molecule has 1 aromatic heterocycles. The average molecular weight is 555 g/mol. The van der Waals surface area contributed by atoms with Crippen LogP contribution in [0.25, 0.3) is 10.9 Å². The standard InChI is InChI=1S/C26H21BrClN3O4/c1-2-4-24-30-22-9-7-19(27)13-21(22)25(32)31(24)29-14-18-12-20(28)8-10-23(18)35-15-16-5-3-6-17(11-16)26(33)34/h3,5-14H,2,4,15H2,1H3,(H,33,34). The van der Waals surface area contributed by atoms with E-state index in [1.54, 1.807) is 48.5 Å². The van der Waals surface area contributed by atoms with Gasteiger partial charge in [-0.2, -0.15) is 9.78 Å². The fourth-order valence-electron chi connectivity index (χ4n) is 3.53. The minimum Gasteiger partial charge on any atom is -0.488 e. The van der Waals surface area contributed by atoms with Gasteiger partial charge in [0.1, 0.15) is 18.2 Å². The van der Waals surface area contributed by atoms with Crippen molar-refractivity contribution in [1.29, 1.82) is 0 Å². The number of carbonyl (C=O) groups is 1. The summed E-state index contributed by atoms with van der Waals surface area (Å²) in [6.07, 6.45) is 2.89. The molecule has 0 aliphatic carbocycles. The summed E-state index contributed by atoms with van der Waals surface area (Å²) in [7, 11) is 0. The van der Waals surface area contributed by atoms with Gasteiger partial charge in [-0.3, -0.25) is 4.79 Å². The lowest BCUT2D eigenvalue weighted by molar-refractivity contribution is 0.0696. The van der Waals surface area contributed by atoms with Gasteiger partial charge in [-0.1, -0.05) is 46.6 Å². The Morgan fingerprint density at radius 3 is 2.80 bits per heavy atom. The fraction of sp³-hybridized carbons (Fsp3) is 0.154. The van der Waals surface area contributed by atoms with Crippen LogP contribution in [0.4, 0.5) is 0 Å². The minimum absolute atomic E-state index is 0.149. The van der Waals surface area contributed by atoms with Gasteiger partial charge in [0.05, 0.1) is 22.7 Å². The van der Waals surface area contributed by atoms with Gasteiger partial charge in [-0.15, -0.1) is 0 Å². The van der Waals surface area contributed by atoms with Crippen molar-refractivity contribution in [2.45, 2.75) is 26.4 Å². The monoisotopic (exact) mass is 553 g/mol. The van der Waals surface area contributed by atoms with Gasteiger partial charge in [0, 0.05) is 21.5 Å². The van der Waals surface area contributed by atoms with Gasteiger partial charge >= 0.3 is 5.97 Å². The molecule has 7 nitrogen and oxygen atoms in total. The number of halogens is 2. The molecule has 1 heterocycles. The maximum absolute atomic E-state index is 13.2. The molecule has 4 rings (SSSR count). The first-order chi connectivity index (χ1) is 16.9. The summed E-state index contributed by atoms with van der Waals surface area (Å²) < 4.78 is 8.03. The molecule has 3 aromatic carbocycles. The van der Waals surface area contributed by atoms with Gasteiger partial charge < -0.3 is 9.84 Å². The molecule has 0 amide bonds. The van der Waals surface area contributed by atoms with E-state index < -0.39 is 5.97 Å². The molecule has 1 N–H and O–H groups in total. The Kier molecular flexibility index (Phi) is 7.63. The third kappa shape index (κ3) is 5.78. The highest BCUT2D eigenvalue weighted by molar-refractivity contribution is 9.10. The SMILES string of the molecule is CCCc1nc2ccc(Br)cc2c(=O)n1N=Cc1cc(Cl)ccc1OCc1cccc(C(=O)O)c1. The maximum Gasteiger partial charge on any atom is 0.335 e. The van der Waals surface area contributed by atoms with Crippen LogP contribution in [0, 0.1) is 0 Å². The number of aromatic carboxylic acids is 1. The first-order valence-corrected chi connectivity index (χ1v) is 12.0. The van der Waals surface area contributed by atoms with E-state index in [1.807, 2.05) is 13.0 Å². The van der Waals surface area contributed by atoms with Crippen LogP contribution in [0.1, 0.15) is 40.7 Å². The Morgan fingerprint density at radius 1 is 1.20 bits per heavy atom. The van der Waals surface area contributed by atoms with E-state index in [1.165, 1.54) is 17.0 Å². The Hall–Kier alpha value is -3.49. The van der Waals surface area contributed by atoms with Gasteiger partial charge in [0.25, 0.3) is 5.56 Å². The minimum atomic E-state index is -1.00. The number of nitrogens with zero attached hydrogens (tertiary/aromatic N) is 3. The average Bonchev–Trinajstić information content (AvgIpc) is 2.84. The van der Waals surface area contributed by atoms with Crippen LogP contribution in [-0.2, 0) is 13.0 Å². The first kappa shape index (κ1) is 24.6. The second-order valence-corrected chi connectivity index (χ2v) is 9.13. The Morgan fingerprint density at radius 2 is 2.03 bits per heavy atom. The van der Waals surface area contributed by atoms with Crippen LogP contribution >= 0.6 is 27.5 Å². The highest BCUT2D eigenvalue weighted by Gasteiger charge is 2.12. The molecule has 0 spiro atoms. The molecule has 0 saturated carbocycles. The number of carboxylic acids is 1. The number of rotatable bonds is 8. The molecular weight excluding hydrogens is 534 g/mol. The zero-order valence-electron chi connectivity index (χ0n) is 18.7. The quantitative estimate of drug-likeness (QED) is 0.273. The molecule has 4 aromatic rings. The number of ether oxygens (including phenoxy) is 1. The first-order valence-electron chi connectivity index (χ1n) is 10.9. The van der Waals surface area contributed by atoms with Crippen molar-refractivity contribution in [3.05, 3.63) is 103 Å². The van der Waals surface area contributed by atoms with E-state index in [-0.39, 0.29) is 17.7 Å². The van der Waals surface area contributed by atoms with Crippen LogP contribution < -0.4 is 10.3 Å². The van der Waals surface area contributed by atoms with Crippen molar-refractivity contribution in [1.82, 2.24) is 9.66 Å². The van der Waals surface area contributed by atoms with Crippen molar-refractivity contribution in [2.24, 2.45) is 5.10 Å². The van der Waals surface area contributed by atoms with E-state index in [9.17, 15) is 14.7 Å². The second kappa shape index (κ2) is 10.8. The van der Waals surface area contributed by atoms with Gasteiger partial charge in [0.15, 0.2) is 0 Å². The summed E-state index contributed by atoms with van der Waals surface area (Å²) >= 11 is 9.61. The molecule has 0 saturated heterocycles. The number of aryl methyl sites for hydroxylation is 1. The van der Waals surface area contributed by atoms with Crippen molar-refractivity contribution in [3.63, 3.8) is 0 Å². The lowest BCUT2D eigenvalue weighted by atomic mass is 10.1. The lowest BCUT2D eigenvalue weighted by Crippen LogP contribution is -2.22. The van der Waals surface area contributed by atoms with Crippen molar-refractivity contribution < 1.29 is 14.6 Å². The largest absolute Gasteiger partial charge is 0.488 e. The Labute approximate surface area is 214 Å². The molecule has 0 aliphatic heterocycles. The summed E-state index contributed by atoms with van der Waals surface area (Å²) in [5.74, 6) is 0.0366. The lowest BCUT2D eigenvalue weighted by Gasteiger charge is -2.11. The number of benzene rings is 3. The summed E-state index contributed by atoms with van der Waals surface area (Å²) in [5.41, 5.74) is 1.79. The normalized spacial score (nSPS) is 11.3. The van der Waals surface area contributed by atoms with Crippen LogP contribution in [0.3, 0.4) is 0 Å². The predicted molar refractivity (Wildman–Crippen MR) is 140 cm³/mol. The van der Waals surface area contributed by atoms with E-state index in [0.29, 0.717) is 45.0 Å². The topological polar surface area (TPSA) is 93.8 Å². The predicted octanol–water partition coefficient (Wildman–Crippen LogP) is 5.92. The molecule has 0 unspecified atom stereocenters. The molecule has 0 radical (unpaired) electrons. The number of carboxylic acid groups (broad SMARTS) is 1. The summed E-state index contributed by atoms with van der Waals surface area (Å²) in [6, 6.07) is 17.0. The molecule has 178 valence electrons. The van der Waals surface area contributed by atoms with Gasteiger partial charge in [-0.25, -0.2) is 9.78 Å². The van der Waals surface area contributed by atoms with E-state index in [2.05, 4.69) is 26.0 Å². The zero-order valence-corrected chi connectivity index (χ0v) is 21.1. The highest BCUT2D eigenvalue weighted by atomic mass is 79.9. The molecule has 9 heteroatoms. The number of fused-ring (bicyclic) bond motifs is 1. The Bertz CT molecular complexity index is 1500. The summed E-state index contributed by atoms with van der Waals surface area (Å²) in [6.45, 7) is 2.16. The van der Waals surface area contributed by atoms with Gasteiger partial charge in [-0.05, 0) is 60.5 Å². The van der Waals surface area contributed by atoms with Crippen LogP contribution in [-0.4, -0.2) is 27.0 Å². The van der Waals surface area contributed by atoms with E-state index >= 15 is 0 Å². The van der Waals surface area contributed by atoms with Crippen LogP contribution in [0.15, 0.2) is 75.0 Å². The molecule has 0 aliphatic rings. The zero-order chi connectivity index (χ0) is 24.9. The van der Waals surface area contributed by atoms with Crippen LogP contribution in [0.2, 0.25) is 5.02 Å². The van der Waals surface area contributed by atoms with E-state index in [4.69, 9.17) is 16.3 Å². The van der Waals surface area contributed by atoms with Gasteiger partial charge in [0.2, 0.25) is 0 Å². The highest BCUT2D eigenvalue weighted by Crippen LogP contribution is 2.23. The van der Waals surface area contributed by atoms with Crippen molar-refractivity contribution >= 4 is 50.6 Å². The summed E-state index contributed by atoms with van der Waals surface area (Å²) in [4.78, 5) is 29.1. The molecule has 0 bridgehead atoms. The number of aromatic nitrogens is 2. The van der Waals surface area contributed by atoms with Crippen LogP contribution in [0.5, 0.6) is 5.75 Å². The van der Waals surface area contributed by atoms with Crippen molar-refractivity contribution in [3.8, 4) is 5.75 Å². The third-order valence-electron chi connectivity index (χ3n) is 5.20. The third-order valence-corrected chi connectivity index (χ3v) is 5.93. The second-order valence-electron chi connectivity index (χ2n) is 7.78. The van der Waals surface area contributed by atoms with Crippen molar-refractivity contribution in [2.75, 3.05) is 0 Å². The molecule has 0 fully saturated rings. The number of hydrogen-bond donors (Lipinski definition) is 1. The molecule has 0 atom stereocenters. The Balaban J connectivity index is 1.69. The molecule has 35 heavy (non-hydrogen) atoms. The number of hydrogen-bond acceptors (Lipinski definition) is 5. The fourth-order valence-corrected chi connectivity index (χ4v) is 4.07. The summed E-state index contributed by atoms with van der Waals surface area (Å²) in [5, 5.41) is 14.6. The van der Waals surface area contributed by atoms with E-state index in [0.717, 1.165) is 10.9 Å². The molecular formula is C26H21BrClN3O4.